The molecule has 3 heterocycles. The van der Waals surface area contributed by atoms with Crippen LogP contribution < -0.4 is 5.32 Å². The van der Waals surface area contributed by atoms with Crippen molar-refractivity contribution in [1.29, 1.82) is 0 Å². The van der Waals surface area contributed by atoms with E-state index in [2.05, 4.69) is 15.5 Å². The summed E-state index contributed by atoms with van der Waals surface area (Å²) in [7, 11) is 0. The molecule has 0 unspecified atom stereocenters. The van der Waals surface area contributed by atoms with Crippen molar-refractivity contribution < 1.29 is 14.1 Å². The number of amides is 2. The maximum Gasteiger partial charge on any atom is 0.259 e. The number of likely N-dealkylation sites (tertiary alicyclic amines) is 1. The van der Waals surface area contributed by atoms with E-state index < -0.39 is 0 Å². The minimum Gasteiger partial charge on any atom is -0.348 e. The van der Waals surface area contributed by atoms with Gasteiger partial charge in [0.1, 0.15) is 5.69 Å². The molecule has 1 saturated heterocycles. The minimum absolute atomic E-state index is 0.0533. The zero-order valence-corrected chi connectivity index (χ0v) is 19.4. The molecule has 176 valence electrons. The van der Waals surface area contributed by atoms with Gasteiger partial charge >= 0.3 is 0 Å². The summed E-state index contributed by atoms with van der Waals surface area (Å²) in [6.07, 6.45) is 4.24. The lowest BCUT2D eigenvalue weighted by atomic mass is 10.0. The average Bonchev–Trinajstić information content (AvgIpc) is 3.43. The van der Waals surface area contributed by atoms with Crippen LogP contribution >= 0.6 is 0 Å². The average molecular weight is 467 g/mol. The predicted octanol–water partition coefficient (Wildman–Crippen LogP) is 4.93. The Morgan fingerprint density at radius 1 is 1.00 bits per heavy atom. The third kappa shape index (κ3) is 4.30. The molecule has 7 heteroatoms. The Morgan fingerprint density at radius 3 is 2.57 bits per heavy atom. The lowest BCUT2D eigenvalue weighted by molar-refractivity contribution is 0.0792. The van der Waals surface area contributed by atoms with Gasteiger partial charge in [0.2, 0.25) is 0 Å². The molecule has 0 radical (unpaired) electrons. The molecule has 7 nitrogen and oxygen atoms in total. The second-order valence-corrected chi connectivity index (χ2v) is 9.33. The summed E-state index contributed by atoms with van der Waals surface area (Å²) >= 11 is 0. The predicted molar refractivity (Wildman–Crippen MR) is 132 cm³/mol. The Morgan fingerprint density at radius 2 is 1.80 bits per heavy atom. The highest BCUT2D eigenvalue weighted by atomic mass is 16.5. The van der Waals surface area contributed by atoms with Gasteiger partial charge in [0.15, 0.2) is 0 Å². The first-order chi connectivity index (χ1) is 17.2. The molecule has 0 atom stereocenters. The van der Waals surface area contributed by atoms with Gasteiger partial charge in [0, 0.05) is 42.4 Å². The molecular formula is C28H26N4O3. The number of nitrogens with zero attached hydrogens (tertiary/aromatic N) is 3. The van der Waals surface area contributed by atoms with Crippen molar-refractivity contribution in [2.45, 2.75) is 38.1 Å². The Balaban J connectivity index is 1.28. The SMILES string of the molecule is O=C(NCc1cccc(C(=O)N2CCCC2)c1)c1cc(C2CC2)nc2onc(-c3ccccc3)c12. The number of hydrogen-bond donors (Lipinski definition) is 1. The van der Waals surface area contributed by atoms with E-state index in [1.165, 1.54) is 0 Å². The molecule has 1 aliphatic heterocycles. The first kappa shape index (κ1) is 21.5. The quantitative estimate of drug-likeness (QED) is 0.435. The van der Waals surface area contributed by atoms with E-state index in [0.717, 1.165) is 55.6 Å². The monoisotopic (exact) mass is 466 g/mol. The van der Waals surface area contributed by atoms with Crippen LogP contribution in [0.4, 0.5) is 0 Å². The molecular weight excluding hydrogens is 440 g/mol. The van der Waals surface area contributed by atoms with Crippen LogP contribution in [0.1, 0.15) is 63.6 Å². The van der Waals surface area contributed by atoms with Gasteiger partial charge in [-0.3, -0.25) is 9.59 Å². The van der Waals surface area contributed by atoms with Crippen molar-refractivity contribution in [2.24, 2.45) is 0 Å². The Bertz CT molecular complexity index is 1400. The van der Waals surface area contributed by atoms with E-state index in [0.29, 0.717) is 40.4 Å². The Kier molecular flexibility index (Phi) is 5.52. The van der Waals surface area contributed by atoms with Crippen LogP contribution in [0.25, 0.3) is 22.4 Å². The van der Waals surface area contributed by atoms with Crippen LogP contribution in [-0.2, 0) is 6.54 Å². The zero-order valence-electron chi connectivity index (χ0n) is 19.4. The maximum atomic E-state index is 13.5. The molecule has 1 saturated carbocycles. The molecule has 2 aromatic heterocycles. The highest BCUT2D eigenvalue weighted by Gasteiger charge is 2.29. The number of aromatic nitrogens is 2. The van der Waals surface area contributed by atoms with Crippen molar-refractivity contribution in [3.05, 3.63) is 83.0 Å². The summed E-state index contributed by atoms with van der Waals surface area (Å²) in [5.74, 6) is 0.207. The van der Waals surface area contributed by atoms with Crippen LogP contribution in [-0.4, -0.2) is 39.9 Å². The standard InChI is InChI=1S/C28H26N4O3/c33-26(29-17-18-7-6-10-21(15-18)28(34)32-13-4-5-14-32)22-16-23(19-11-12-19)30-27-24(22)25(31-35-27)20-8-2-1-3-9-20/h1-3,6-10,15-16,19H,4-5,11-14,17H2,(H,29,33). The molecule has 0 bridgehead atoms. The van der Waals surface area contributed by atoms with E-state index >= 15 is 0 Å². The third-order valence-electron chi connectivity index (χ3n) is 6.77. The summed E-state index contributed by atoms with van der Waals surface area (Å²) in [5.41, 5.74) is 4.79. The number of hydrogen-bond acceptors (Lipinski definition) is 5. The highest BCUT2D eigenvalue weighted by Crippen LogP contribution is 2.41. The number of pyridine rings is 1. The van der Waals surface area contributed by atoms with Gasteiger partial charge in [-0.1, -0.05) is 47.6 Å². The van der Waals surface area contributed by atoms with Crippen molar-refractivity contribution in [1.82, 2.24) is 20.4 Å². The van der Waals surface area contributed by atoms with Crippen LogP contribution in [0.15, 0.2) is 65.2 Å². The molecule has 0 spiro atoms. The molecule has 2 aromatic carbocycles. The number of benzene rings is 2. The largest absolute Gasteiger partial charge is 0.348 e. The first-order valence-corrected chi connectivity index (χ1v) is 12.2. The smallest absolute Gasteiger partial charge is 0.259 e. The normalized spacial score (nSPS) is 15.5. The summed E-state index contributed by atoms with van der Waals surface area (Å²) in [4.78, 5) is 32.8. The molecule has 2 fully saturated rings. The van der Waals surface area contributed by atoms with Crippen LogP contribution in [0.5, 0.6) is 0 Å². The summed E-state index contributed by atoms with van der Waals surface area (Å²) in [6.45, 7) is 1.93. The number of nitrogens with one attached hydrogen (secondary N) is 1. The first-order valence-electron chi connectivity index (χ1n) is 12.2. The summed E-state index contributed by atoms with van der Waals surface area (Å²) in [6, 6.07) is 19.1. The van der Waals surface area contributed by atoms with Crippen molar-refractivity contribution in [2.75, 3.05) is 13.1 Å². The van der Waals surface area contributed by atoms with Crippen LogP contribution in [0, 0.1) is 0 Å². The van der Waals surface area contributed by atoms with E-state index in [9.17, 15) is 9.59 Å². The number of carbonyl (C=O) groups excluding carboxylic acids is 2. The molecule has 35 heavy (non-hydrogen) atoms. The maximum absolute atomic E-state index is 13.5. The molecule has 1 N–H and O–H groups in total. The zero-order chi connectivity index (χ0) is 23.8. The summed E-state index contributed by atoms with van der Waals surface area (Å²) in [5, 5.41) is 7.92. The van der Waals surface area contributed by atoms with Gasteiger partial charge < -0.3 is 14.7 Å². The molecule has 1 aliphatic carbocycles. The van der Waals surface area contributed by atoms with Gasteiger partial charge in [-0.15, -0.1) is 0 Å². The van der Waals surface area contributed by atoms with E-state index in [-0.39, 0.29) is 11.8 Å². The van der Waals surface area contributed by atoms with Gasteiger partial charge in [-0.25, -0.2) is 4.98 Å². The number of carbonyl (C=O) groups is 2. The van der Waals surface area contributed by atoms with Crippen LogP contribution in [0.3, 0.4) is 0 Å². The number of fused-ring (bicyclic) bond motifs is 1. The van der Waals surface area contributed by atoms with Gasteiger partial charge in [0.05, 0.1) is 10.9 Å². The van der Waals surface area contributed by atoms with Crippen LogP contribution in [0.2, 0.25) is 0 Å². The van der Waals surface area contributed by atoms with E-state index in [1.54, 1.807) is 0 Å². The number of rotatable bonds is 6. The fourth-order valence-electron chi connectivity index (χ4n) is 4.73. The molecule has 2 amide bonds. The fraction of sp³-hybridized carbons (Fsp3) is 0.286. The van der Waals surface area contributed by atoms with Gasteiger partial charge in [0.25, 0.3) is 17.5 Å². The second kappa shape index (κ2) is 8.98. The van der Waals surface area contributed by atoms with Crippen molar-refractivity contribution >= 4 is 22.9 Å². The fourth-order valence-corrected chi connectivity index (χ4v) is 4.73. The van der Waals surface area contributed by atoms with Crippen molar-refractivity contribution in [3.8, 4) is 11.3 Å². The van der Waals surface area contributed by atoms with Crippen molar-refractivity contribution in [3.63, 3.8) is 0 Å². The van der Waals surface area contributed by atoms with Gasteiger partial charge in [-0.05, 0) is 49.4 Å². The van der Waals surface area contributed by atoms with E-state index in [1.807, 2.05) is 65.6 Å². The molecule has 4 aromatic rings. The van der Waals surface area contributed by atoms with Gasteiger partial charge in [-0.2, -0.15) is 0 Å². The summed E-state index contributed by atoms with van der Waals surface area (Å²) < 4.78 is 5.58. The third-order valence-corrected chi connectivity index (χ3v) is 6.77. The lowest BCUT2D eigenvalue weighted by Crippen LogP contribution is -2.28. The minimum atomic E-state index is -0.212. The topological polar surface area (TPSA) is 88.3 Å². The molecule has 6 rings (SSSR count). The molecule has 2 aliphatic rings. The van der Waals surface area contributed by atoms with E-state index in [4.69, 9.17) is 4.52 Å². The second-order valence-electron chi connectivity index (χ2n) is 9.33. The Hall–Kier alpha value is -4.00. The highest BCUT2D eigenvalue weighted by molar-refractivity contribution is 6.09. The Labute approximate surface area is 203 Å². The lowest BCUT2D eigenvalue weighted by Gasteiger charge is -2.16.